The molecule has 1 rings (SSSR count). The number of nitrogens with zero attached hydrogens (tertiary/aromatic N) is 1. The van der Waals surface area contributed by atoms with Crippen molar-refractivity contribution in [3.05, 3.63) is 0 Å². The van der Waals surface area contributed by atoms with E-state index in [0.717, 1.165) is 26.5 Å². The average Bonchev–Trinajstić information content (AvgIpc) is 3.31. The topological polar surface area (TPSA) is 77.8 Å². The first-order valence-electron chi connectivity index (χ1n) is 15.0. The highest BCUT2D eigenvalue weighted by Gasteiger charge is 2.33. The van der Waals surface area contributed by atoms with Crippen molar-refractivity contribution in [3.8, 4) is 0 Å². The predicted octanol–water partition coefficient (Wildman–Crippen LogP) is 9.36. The van der Waals surface area contributed by atoms with Crippen molar-refractivity contribution >= 4 is 11.9 Å². The maximum Gasteiger partial charge on any atom is 0.308 e. The second-order valence-electron chi connectivity index (χ2n) is 7.26. The summed E-state index contributed by atoms with van der Waals surface area (Å²) in [5.74, 6) is -1.32. The third kappa shape index (κ3) is 40.4. The fraction of sp³-hybridized carbons (Fsp3) is 0.933. The van der Waals surface area contributed by atoms with Crippen LogP contribution in [0.25, 0.3) is 0 Å². The molecule has 2 N–H and O–H groups in total. The molecular weight excluding hydrogens is 438 g/mol. The number of carbonyl (C=O) groups excluding carboxylic acids is 1. The number of aliphatic hydroxyl groups is 1. The Hall–Kier alpha value is -1.10. The van der Waals surface area contributed by atoms with Crippen molar-refractivity contribution in [2.24, 2.45) is 5.92 Å². The Balaban J connectivity index is -0.000000110. The van der Waals surface area contributed by atoms with Crippen LogP contribution in [0.15, 0.2) is 0 Å². The molecule has 35 heavy (non-hydrogen) atoms. The Kier molecular flexibility index (Phi) is 67.2. The number of hydrogen-bond acceptors (Lipinski definition) is 3. The van der Waals surface area contributed by atoms with Crippen LogP contribution < -0.4 is 0 Å². The first kappa shape index (κ1) is 47.1. The number of hydrogen-bond donors (Lipinski definition) is 2. The lowest BCUT2D eigenvalue weighted by Crippen LogP contribution is -2.27. The Morgan fingerprint density at radius 2 is 1.00 bits per heavy atom. The molecule has 1 heterocycles. The third-order valence-electron chi connectivity index (χ3n) is 4.80. The second-order valence-corrected chi connectivity index (χ2v) is 7.26. The van der Waals surface area contributed by atoms with Gasteiger partial charge in [0.05, 0.1) is 5.92 Å². The van der Waals surface area contributed by atoms with Crippen molar-refractivity contribution in [1.82, 2.24) is 4.90 Å². The predicted molar refractivity (Wildman–Crippen MR) is 158 cm³/mol. The number of rotatable bonds is 13. The Bertz CT molecular complexity index is 345. The summed E-state index contributed by atoms with van der Waals surface area (Å²) in [5.41, 5.74) is 0. The minimum absolute atomic E-state index is 0.00958. The summed E-state index contributed by atoms with van der Waals surface area (Å²) in [6.45, 7) is 23.8. The Morgan fingerprint density at radius 1 is 0.686 bits per heavy atom. The van der Waals surface area contributed by atoms with E-state index in [1.807, 2.05) is 55.4 Å². The highest BCUT2D eigenvalue weighted by Crippen LogP contribution is 2.18. The number of carbonyl (C=O) groups is 2. The molecule has 0 bridgehead atoms. The first-order chi connectivity index (χ1) is 17.1. The summed E-state index contributed by atoms with van der Waals surface area (Å²) in [6, 6.07) is 0. The molecule has 1 aliphatic rings. The summed E-state index contributed by atoms with van der Waals surface area (Å²) >= 11 is 0. The molecular formula is C30H69NO4. The zero-order chi connectivity index (χ0) is 28.9. The van der Waals surface area contributed by atoms with Gasteiger partial charge in [0.15, 0.2) is 0 Å². The molecule has 1 atom stereocenters. The first-order valence-corrected chi connectivity index (χ1v) is 15.0. The number of carboxylic acid groups (broad SMARTS) is 1. The van der Waals surface area contributed by atoms with Crippen molar-refractivity contribution in [2.75, 3.05) is 20.2 Å². The molecule has 0 saturated carbocycles. The molecule has 218 valence electrons. The van der Waals surface area contributed by atoms with Crippen molar-refractivity contribution < 1.29 is 19.8 Å². The van der Waals surface area contributed by atoms with Crippen LogP contribution in [-0.4, -0.2) is 47.2 Å². The quantitative estimate of drug-likeness (QED) is 0.243. The monoisotopic (exact) mass is 508 g/mol. The summed E-state index contributed by atoms with van der Waals surface area (Å²) in [6.07, 6.45) is 15.7. The molecule has 1 fully saturated rings. The number of carboxylic acids is 1. The minimum atomic E-state index is -0.841. The molecule has 5 nitrogen and oxygen atoms in total. The summed E-state index contributed by atoms with van der Waals surface area (Å²) in [7, 11) is 1.00. The van der Waals surface area contributed by atoms with Gasteiger partial charge in [0.25, 0.3) is 0 Å². The number of aliphatic hydroxyl groups excluding tert-OH is 1. The van der Waals surface area contributed by atoms with Crippen LogP contribution >= 0.6 is 0 Å². The molecule has 1 unspecified atom stereocenters. The van der Waals surface area contributed by atoms with Crippen LogP contribution in [0, 0.1) is 5.92 Å². The van der Waals surface area contributed by atoms with Gasteiger partial charge in [-0.2, -0.15) is 0 Å². The maximum absolute atomic E-state index is 11.6. The van der Waals surface area contributed by atoms with Gasteiger partial charge in [-0.1, -0.05) is 147 Å². The largest absolute Gasteiger partial charge is 0.481 e. The van der Waals surface area contributed by atoms with Crippen molar-refractivity contribution in [2.45, 2.75) is 160 Å². The summed E-state index contributed by atoms with van der Waals surface area (Å²) in [4.78, 5) is 24.1. The number of amides is 1. The maximum atomic E-state index is 11.6. The Morgan fingerprint density at radius 3 is 1.31 bits per heavy atom. The molecule has 0 aromatic carbocycles. The summed E-state index contributed by atoms with van der Waals surface area (Å²) in [5, 5.41) is 15.9. The van der Waals surface area contributed by atoms with Gasteiger partial charge in [0.2, 0.25) is 5.91 Å². The van der Waals surface area contributed by atoms with Crippen molar-refractivity contribution in [3.63, 3.8) is 0 Å². The van der Waals surface area contributed by atoms with Crippen LogP contribution in [0.2, 0.25) is 0 Å². The molecule has 0 aliphatic carbocycles. The van der Waals surface area contributed by atoms with Gasteiger partial charge in [-0.3, -0.25) is 9.59 Å². The average molecular weight is 508 g/mol. The standard InChI is InChI=1S/C15H27NO3.C6H14.4C2H6.CH4O/c1-2-3-4-5-6-7-8-9-10-16-12-13(15(18)19)11-14(16)17;1-3-5-6-4-2;5*1-2/h13H,2-12H2,1H3,(H,18,19);3-6H2,1-2H3;4*1-2H3;2H,1H3. The zero-order valence-corrected chi connectivity index (χ0v) is 26.3. The van der Waals surface area contributed by atoms with Gasteiger partial charge in [-0.05, 0) is 6.42 Å². The van der Waals surface area contributed by atoms with Crippen LogP contribution in [0.3, 0.4) is 0 Å². The fourth-order valence-corrected chi connectivity index (χ4v) is 3.09. The number of aliphatic carboxylic acids is 1. The Labute approximate surface area is 222 Å². The van der Waals surface area contributed by atoms with Gasteiger partial charge in [0.1, 0.15) is 0 Å². The molecule has 0 aromatic heterocycles. The van der Waals surface area contributed by atoms with E-state index in [1.165, 1.54) is 64.2 Å². The van der Waals surface area contributed by atoms with E-state index in [1.54, 1.807) is 4.90 Å². The normalized spacial score (nSPS) is 12.8. The number of likely N-dealkylation sites (tertiary alicyclic amines) is 1. The van der Waals surface area contributed by atoms with Crippen LogP contribution in [0.5, 0.6) is 0 Å². The third-order valence-corrected chi connectivity index (χ3v) is 4.80. The molecule has 1 aliphatic heterocycles. The van der Waals surface area contributed by atoms with Gasteiger partial charge in [-0.15, -0.1) is 0 Å². The summed E-state index contributed by atoms with van der Waals surface area (Å²) < 4.78 is 0. The SMILES string of the molecule is CC.CC.CC.CC.CCCCCC.CCCCCCCCCCN1CC(C(=O)O)CC1=O.CO. The smallest absolute Gasteiger partial charge is 0.308 e. The van der Waals surface area contributed by atoms with Crippen LogP contribution in [0.1, 0.15) is 160 Å². The highest BCUT2D eigenvalue weighted by atomic mass is 16.4. The lowest BCUT2D eigenvalue weighted by molar-refractivity contribution is -0.141. The molecule has 1 amide bonds. The fourth-order valence-electron chi connectivity index (χ4n) is 3.09. The van der Waals surface area contributed by atoms with Gasteiger partial charge in [-0.25, -0.2) is 0 Å². The lowest BCUT2D eigenvalue weighted by Gasteiger charge is -2.15. The molecule has 5 heteroatoms. The minimum Gasteiger partial charge on any atom is -0.481 e. The molecule has 0 radical (unpaired) electrons. The van der Waals surface area contributed by atoms with Gasteiger partial charge >= 0.3 is 5.97 Å². The van der Waals surface area contributed by atoms with E-state index in [9.17, 15) is 9.59 Å². The van der Waals surface area contributed by atoms with Crippen LogP contribution in [0.4, 0.5) is 0 Å². The van der Waals surface area contributed by atoms with E-state index in [-0.39, 0.29) is 12.3 Å². The molecule has 0 aromatic rings. The van der Waals surface area contributed by atoms with E-state index < -0.39 is 11.9 Å². The van der Waals surface area contributed by atoms with E-state index >= 15 is 0 Å². The number of unbranched alkanes of at least 4 members (excludes halogenated alkanes) is 10. The van der Waals surface area contributed by atoms with Crippen molar-refractivity contribution in [1.29, 1.82) is 0 Å². The van der Waals surface area contributed by atoms with Gasteiger partial charge in [0, 0.05) is 26.6 Å². The molecule has 0 spiro atoms. The van der Waals surface area contributed by atoms with E-state index in [2.05, 4.69) is 20.8 Å². The van der Waals surface area contributed by atoms with E-state index in [0.29, 0.717) is 6.54 Å². The zero-order valence-electron chi connectivity index (χ0n) is 26.3. The lowest BCUT2D eigenvalue weighted by atomic mass is 10.1. The highest BCUT2D eigenvalue weighted by molar-refractivity contribution is 5.86. The van der Waals surface area contributed by atoms with Crippen LogP contribution in [-0.2, 0) is 9.59 Å². The van der Waals surface area contributed by atoms with E-state index in [4.69, 9.17) is 10.2 Å². The molecule has 1 saturated heterocycles. The van der Waals surface area contributed by atoms with Gasteiger partial charge < -0.3 is 15.1 Å². The second kappa shape index (κ2) is 49.9.